The van der Waals surface area contributed by atoms with E-state index in [0.717, 1.165) is 17.7 Å². The largest absolute Gasteiger partial charge is 0.481 e. The van der Waals surface area contributed by atoms with Gasteiger partial charge in [-0.2, -0.15) is 0 Å². The number of nitrogens with zero attached hydrogens (tertiary/aromatic N) is 1. The van der Waals surface area contributed by atoms with Crippen LogP contribution >= 0.6 is 0 Å². The van der Waals surface area contributed by atoms with Gasteiger partial charge < -0.3 is 19.1 Å². The summed E-state index contributed by atoms with van der Waals surface area (Å²) in [7, 11) is 0. The Morgan fingerprint density at radius 3 is 2.29 bits per heavy atom. The van der Waals surface area contributed by atoms with E-state index in [0.29, 0.717) is 37.2 Å². The molecular weight excluding hydrogens is 534 g/mol. The van der Waals surface area contributed by atoms with Crippen LogP contribution in [0.3, 0.4) is 0 Å². The van der Waals surface area contributed by atoms with E-state index in [4.69, 9.17) is 14.0 Å². The summed E-state index contributed by atoms with van der Waals surface area (Å²) < 4.78 is 46.8. The predicted octanol–water partition coefficient (Wildman–Crippen LogP) is 7.04. The Hall–Kier alpha value is -4.57. The van der Waals surface area contributed by atoms with Crippen LogP contribution in [-0.2, 0) is 19.7 Å². The number of aliphatic carboxylic acids is 1. The molecule has 0 saturated carbocycles. The number of carbonyl (C=O) groups is 2. The van der Waals surface area contributed by atoms with Gasteiger partial charge in [-0.25, -0.2) is 13.6 Å². The molecule has 0 bridgehead atoms. The van der Waals surface area contributed by atoms with E-state index >= 15 is 8.78 Å². The molecule has 212 valence electrons. The van der Waals surface area contributed by atoms with Gasteiger partial charge in [-0.3, -0.25) is 10.1 Å². The van der Waals surface area contributed by atoms with Crippen molar-refractivity contribution in [2.75, 3.05) is 18.5 Å². The maximum Gasteiger partial charge on any atom is 0.412 e. The van der Waals surface area contributed by atoms with Gasteiger partial charge in [-0.1, -0.05) is 59.8 Å². The van der Waals surface area contributed by atoms with Crippen molar-refractivity contribution < 1.29 is 37.5 Å². The van der Waals surface area contributed by atoms with Crippen LogP contribution in [0.15, 0.2) is 71.3 Å². The van der Waals surface area contributed by atoms with Gasteiger partial charge in [-0.05, 0) is 55.5 Å². The van der Waals surface area contributed by atoms with Crippen molar-refractivity contribution in [3.8, 4) is 22.5 Å². The van der Waals surface area contributed by atoms with Gasteiger partial charge in [0.25, 0.3) is 0 Å². The van der Waals surface area contributed by atoms with Crippen LogP contribution in [-0.4, -0.2) is 35.5 Å². The molecule has 8 nitrogen and oxygen atoms in total. The van der Waals surface area contributed by atoms with E-state index in [1.165, 1.54) is 0 Å². The lowest BCUT2D eigenvalue weighted by Gasteiger charge is -2.33. The third-order valence-corrected chi connectivity index (χ3v) is 7.45. The molecule has 1 aliphatic rings. The molecule has 4 aromatic rings. The minimum absolute atomic E-state index is 0.0176. The highest BCUT2D eigenvalue weighted by molar-refractivity contribution is 5.91. The molecular formula is C31H28F2N2O6. The number of amides is 1. The molecule has 2 N–H and O–H groups in total. The molecule has 0 spiro atoms. The number of aryl methyl sites for hydroxylation is 1. The summed E-state index contributed by atoms with van der Waals surface area (Å²) in [6.45, 7) is 3.92. The monoisotopic (exact) mass is 562 g/mol. The van der Waals surface area contributed by atoms with Crippen LogP contribution in [0.1, 0.15) is 42.7 Å². The number of carbonyl (C=O) groups excluding carboxylic acids is 1. The maximum absolute atomic E-state index is 15.4. The molecule has 0 aliphatic carbocycles. The minimum Gasteiger partial charge on any atom is -0.481 e. The first-order valence-corrected chi connectivity index (χ1v) is 13.1. The highest BCUT2D eigenvalue weighted by Crippen LogP contribution is 2.39. The molecule has 1 amide bonds. The average molecular weight is 563 g/mol. The highest BCUT2D eigenvalue weighted by atomic mass is 19.1. The molecule has 3 aromatic carbocycles. The standard InChI is InChI=1S/C31H28F2N2O6/c1-18-27(34-30(38)40-19(2)20-6-4-3-5-7-20)28(41-35-18)24-17-25(32)23(16-26(24)33)21-8-10-22(11-9-21)31(29(36)37)12-14-39-15-13-31/h3-11,16-17,19H,12-15H2,1-2H3,(H,34,38)(H,36,37). The summed E-state index contributed by atoms with van der Waals surface area (Å²) >= 11 is 0. The van der Waals surface area contributed by atoms with Gasteiger partial charge in [0.1, 0.15) is 29.1 Å². The first-order chi connectivity index (χ1) is 19.7. The number of carboxylic acid groups (broad SMARTS) is 1. The van der Waals surface area contributed by atoms with E-state index in [2.05, 4.69) is 10.5 Å². The van der Waals surface area contributed by atoms with Crippen LogP contribution in [0.4, 0.5) is 19.3 Å². The summed E-state index contributed by atoms with van der Waals surface area (Å²) in [6.07, 6.45) is -0.720. The molecule has 1 aromatic heterocycles. The number of aromatic nitrogens is 1. The Labute approximate surface area is 234 Å². The second-order valence-corrected chi connectivity index (χ2v) is 9.94. The second-order valence-electron chi connectivity index (χ2n) is 9.94. The fraction of sp³-hybridized carbons (Fsp3) is 0.258. The van der Waals surface area contributed by atoms with Crippen molar-refractivity contribution in [3.05, 3.63) is 95.2 Å². The molecule has 1 unspecified atom stereocenters. The normalized spacial score (nSPS) is 15.2. The Morgan fingerprint density at radius 2 is 1.63 bits per heavy atom. The SMILES string of the molecule is Cc1noc(-c2cc(F)c(-c3ccc(C4(C(=O)O)CCOCC4)cc3)cc2F)c1NC(=O)OC(C)c1ccccc1. The number of hydrogen-bond acceptors (Lipinski definition) is 6. The Balaban J connectivity index is 1.39. The highest BCUT2D eigenvalue weighted by Gasteiger charge is 2.41. The molecule has 1 fully saturated rings. The third kappa shape index (κ3) is 5.55. The lowest BCUT2D eigenvalue weighted by atomic mass is 9.74. The van der Waals surface area contributed by atoms with Crippen LogP contribution in [0.5, 0.6) is 0 Å². The first kappa shape index (κ1) is 28.0. The van der Waals surface area contributed by atoms with E-state index in [1.54, 1.807) is 38.1 Å². The fourth-order valence-corrected chi connectivity index (χ4v) is 5.04. The van der Waals surface area contributed by atoms with Gasteiger partial charge in [-0.15, -0.1) is 0 Å². The van der Waals surface area contributed by atoms with E-state index in [9.17, 15) is 14.7 Å². The van der Waals surface area contributed by atoms with Crippen molar-refractivity contribution in [1.29, 1.82) is 0 Å². The fourth-order valence-electron chi connectivity index (χ4n) is 5.04. The Morgan fingerprint density at radius 1 is 1.00 bits per heavy atom. The number of ether oxygens (including phenoxy) is 2. The lowest BCUT2D eigenvalue weighted by Crippen LogP contribution is -2.41. The predicted molar refractivity (Wildman–Crippen MR) is 146 cm³/mol. The zero-order valence-corrected chi connectivity index (χ0v) is 22.4. The number of carboxylic acids is 1. The van der Waals surface area contributed by atoms with Crippen molar-refractivity contribution >= 4 is 17.7 Å². The maximum atomic E-state index is 15.4. The van der Waals surface area contributed by atoms with Crippen molar-refractivity contribution in [2.45, 2.75) is 38.2 Å². The molecule has 0 radical (unpaired) electrons. The summed E-state index contributed by atoms with van der Waals surface area (Å²) in [6, 6.07) is 17.5. The van der Waals surface area contributed by atoms with Gasteiger partial charge in [0, 0.05) is 18.8 Å². The zero-order valence-electron chi connectivity index (χ0n) is 22.4. The summed E-state index contributed by atoms with van der Waals surface area (Å²) in [5.41, 5.74) is 0.708. The van der Waals surface area contributed by atoms with Crippen LogP contribution in [0, 0.1) is 18.6 Å². The van der Waals surface area contributed by atoms with Crippen LogP contribution in [0.25, 0.3) is 22.5 Å². The smallest absolute Gasteiger partial charge is 0.412 e. The number of nitrogens with one attached hydrogen (secondary N) is 1. The molecule has 1 atom stereocenters. The van der Waals surface area contributed by atoms with E-state index in [1.807, 2.05) is 30.3 Å². The number of benzene rings is 3. The van der Waals surface area contributed by atoms with Crippen molar-refractivity contribution in [1.82, 2.24) is 5.16 Å². The molecule has 5 rings (SSSR count). The number of anilines is 1. The van der Waals surface area contributed by atoms with Gasteiger partial charge in [0.05, 0.1) is 11.0 Å². The summed E-state index contributed by atoms with van der Waals surface area (Å²) in [5, 5.41) is 16.3. The molecule has 1 saturated heterocycles. The topological polar surface area (TPSA) is 111 Å². The first-order valence-electron chi connectivity index (χ1n) is 13.1. The van der Waals surface area contributed by atoms with E-state index in [-0.39, 0.29) is 28.3 Å². The zero-order chi connectivity index (χ0) is 29.1. The van der Waals surface area contributed by atoms with Crippen LogP contribution in [0.2, 0.25) is 0 Å². The van der Waals surface area contributed by atoms with E-state index < -0.39 is 35.2 Å². The van der Waals surface area contributed by atoms with Crippen molar-refractivity contribution in [2.24, 2.45) is 0 Å². The quantitative estimate of drug-likeness (QED) is 0.249. The summed E-state index contributed by atoms with van der Waals surface area (Å²) in [4.78, 5) is 24.7. The molecule has 2 heterocycles. The van der Waals surface area contributed by atoms with Gasteiger partial charge >= 0.3 is 12.1 Å². The summed E-state index contributed by atoms with van der Waals surface area (Å²) in [5.74, 6) is -2.65. The van der Waals surface area contributed by atoms with Gasteiger partial charge in [0.2, 0.25) is 0 Å². The number of halogens is 2. The Bertz CT molecular complexity index is 1560. The number of rotatable bonds is 7. The number of hydrogen-bond donors (Lipinski definition) is 2. The van der Waals surface area contributed by atoms with Crippen LogP contribution < -0.4 is 5.32 Å². The average Bonchev–Trinajstić information content (AvgIpc) is 3.33. The van der Waals surface area contributed by atoms with Gasteiger partial charge in [0.15, 0.2) is 5.76 Å². The van der Waals surface area contributed by atoms with Crippen molar-refractivity contribution in [3.63, 3.8) is 0 Å². The Kier molecular flexibility index (Phi) is 7.85. The lowest BCUT2D eigenvalue weighted by molar-refractivity contribution is -0.147. The second kappa shape index (κ2) is 11.5. The third-order valence-electron chi connectivity index (χ3n) is 7.45. The molecule has 10 heteroatoms. The molecule has 1 aliphatic heterocycles. The molecule has 41 heavy (non-hydrogen) atoms. The minimum atomic E-state index is -1.09.